The molecule has 2 aromatic rings. The number of imide groups is 2. The van der Waals surface area contributed by atoms with E-state index in [0.29, 0.717) is 22.1 Å². The van der Waals surface area contributed by atoms with Gasteiger partial charge in [0.1, 0.15) is 12.2 Å². The second-order valence-corrected chi connectivity index (χ2v) is 6.92. The monoisotopic (exact) mass is 446 g/mol. The van der Waals surface area contributed by atoms with E-state index < -0.39 is 17.8 Å². The van der Waals surface area contributed by atoms with Gasteiger partial charge in [-0.1, -0.05) is 41.9 Å². The minimum Gasteiger partial charge on any atom is -0.493 e. The normalized spacial score (nSPS) is 15.2. The number of barbiturate groups is 1. The standard InChI is InChI=1S/C21H16Cl2N2O5/c1-3-7-30-18-16(23)9-12(10-17(18)29-2)8-15-19(26)24-21(28)25(20(15)27)14-6-4-5-13(22)11-14/h3-6,8-11H,1,7H2,2H3,(H,24,26,28)/b15-8+. The van der Waals surface area contributed by atoms with E-state index in [1.807, 2.05) is 0 Å². The predicted molar refractivity (Wildman–Crippen MR) is 114 cm³/mol. The molecule has 154 valence electrons. The van der Waals surface area contributed by atoms with Crippen molar-refractivity contribution < 1.29 is 23.9 Å². The van der Waals surface area contributed by atoms with Gasteiger partial charge in [0.2, 0.25) is 0 Å². The molecule has 1 heterocycles. The molecule has 1 aliphatic heterocycles. The van der Waals surface area contributed by atoms with Crippen molar-refractivity contribution in [3.8, 4) is 11.5 Å². The number of carbonyl (C=O) groups excluding carboxylic acids is 3. The molecule has 0 atom stereocenters. The number of anilines is 1. The van der Waals surface area contributed by atoms with Gasteiger partial charge in [0, 0.05) is 5.02 Å². The van der Waals surface area contributed by atoms with E-state index >= 15 is 0 Å². The Morgan fingerprint density at radius 3 is 2.60 bits per heavy atom. The molecule has 0 radical (unpaired) electrons. The Bertz CT molecular complexity index is 1080. The molecule has 0 bridgehead atoms. The third-order valence-electron chi connectivity index (χ3n) is 4.08. The van der Waals surface area contributed by atoms with Crippen molar-refractivity contribution >= 4 is 52.8 Å². The van der Waals surface area contributed by atoms with Crippen LogP contribution < -0.4 is 19.7 Å². The van der Waals surface area contributed by atoms with Gasteiger partial charge in [-0.15, -0.1) is 0 Å². The second kappa shape index (κ2) is 9.02. The summed E-state index contributed by atoms with van der Waals surface area (Å²) in [5, 5.41) is 2.70. The minimum absolute atomic E-state index is 0.216. The summed E-state index contributed by atoms with van der Waals surface area (Å²) in [6.45, 7) is 3.79. The lowest BCUT2D eigenvalue weighted by molar-refractivity contribution is -0.122. The summed E-state index contributed by atoms with van der Waals surface area (Å²) in [6.07, 6.45) is 2.87. The van der Waals surface area contributed by atoms with Crippen molar-refractivity contribution in [3.05, 3.63) is 70.2 Å². The highest BCUT2D eigenvalue weighted by Gasteiger charge is 2.37. The first-order valence-corrected chi connectivity index (χ1v) is 9.39. The van der Waals surface area contributed by atoms with Gasteiger partial charge in [-0.25, -0.2) is 9.69 Å². The SMILES string of the molecule is C=CCOc1c(Cl)cc(/C=C2\C(=O)NC(=O)N(c3cccc(Cl)c3)C2=O)cc1OC. The molecule has 30 heavy (non-hydrogen) atoms. The molecule has 3 rings (SSSR count). The number of nitrogens with one attached hydrogen (secondary N) is 1. The largest absolute Gasteiger partial charge is 0.493 e. The molecule has 0 saturated carbocycles. The number of nitrogens with zero attached hydrogens (tertiary/aromatic N) is 1. The number of methoxy groups -OCH3 is 1. The first kappa shape index (κ1) is 21.4. The Labute approximate surface area is 182 Å². The van der Waals surface area contributed by atoms with Crippen molar-refractivity contribution in [2.45, 2.75) is 0 Å². The summed E-state index contributed by atoms with van der Waals surface area (Å²) in [6, 6.07) is 8.36. The van der Waals surface area contributed by atoms with Crippen molar-refractivity contribution in [1.29, 1.82) is 0 Å². The van der Waals surface area contributed by atoms with Crippen LogP contribution in [0.1, 0.15) is 5.56 Å². The number of ether oxygens (including phenoxy) is 2. The Morgan fingerprint density at radius 2 is 1.93 bits per heavy atom. The van der Waals surface area contributed by atoms with Gasteiger partial charge in [0.15, 0.2) is 11.5 Å². The Kier molecular flexibility index (Phi) is 6.44. The van der Waals surface area contributed by atoms with Crippen LogP contribution >= 0.6 is 23.2 Å². The summed E-state index contributed by atoms with van der Waals surface area (Å²) < 4.78 is 10.8. The number of urea groups is 1. The van der Waals surface area contributed by atoms with Crippen molar-refractivity contribution in [2.75, 3.05) is 18.6 Å². The Balaban J connectivity index is 2.02. The maximum absolute atomic E-state index is 12.9. The topological polar surface area (TPSA) is 84.9 Å². The number of amides is 4. The summed E-state index contributed by atoms with van der Waals surface area (Å²) in [5.74, 6) is -1.02. The molecule has 1 N–H and O–H groups in total. The highest BCUT2D eigenvalue weighted by Crippen LogP contribution is 2.37. The van der Waals surface area contributed by atoms with Crippen LogP contribution in [-0.2, 0) is 9.59 Å². The molecule has 4 amide bonds. The molecule has 1 saturated heterocycles. The molecular formula is C21H16Cl2N2O5. The number of hydrogen-bond donors (Lipinski definition) is 1. The lowest BCUT2D eigenvalue weighted by atomic mass is 10.1. The van der Waals surface area contributed by atoms with E-state index in [1.54, 1.807) is 24.3 Å². The van der Waals surface area contributed by atoms with Crippen LogP contribution in [-0.4, -0.2) is 31.6 Å². The zero-order valence-electron chi connectivity index (χ0n) is 15.8. The van der Waals surface area contributed by atoms with Crippen LogP contribution in [0.5, 0.6) is 11.5 Å². The number of rotatable bonds is 6. The fourth-order valence-electron chi connectivity index (χ4n) is 2.78. The fourth-order valence-corrected chi connectivity index (χ4v) is 3.24. The van der Waals surface area contributed by atoms with Crippen LogP contribution in [0.15, 0.2) is 54.6 Å². The second-order valence-electron chi connectivity index (χ2n) is 6.07. The zero-order valence-corrected chi connectivity index (χ0v) is 17.3. The molecule has 1 fully saturated rings. The van der Waals surface area contributed by atoms with Crippen LogP contribution in [0, 0.1) is 0 Å². The average molecular weight is 447 g/mol. The van der Waals surface area contributed by atoms with E-state index in [2.05, 4.69) is 11.9 Å². The van der Waals surface area contributed by atoms with E-state index in [0.717, 1.165) is 4.90 Å². The van der Waals surface area contributed by atoms with Crippen molar-refractivity contribution in [1.82, 2.24) is 5.32 Å². The quantitative estimate of drug-likeness (QED) is 0.407. The maximum atomic E-state index is 12.9. The van der Waals surface area contributed by atoms with Crippen LogP contribution in [0.25, 0.3) is 6.08 Å². The van der Waals surface area contributed by atoms with Gasteiger partial charge in [-0.05, 0) is 42.0 Å². The van der Waals surface area contributed by atoms with Gasteiger partial charge < -0.3 is 9.47 Å². The highest BCUT2D eigenvalue weighted by molar-refractivity contribution is 6.39. The molecule has 0 aliphatic carbocycles. The molecule has 0 aromatic heterocycles. The molecule has 1 aliphatic rings. The third-order valence-corrected chi connectivity index (χ3v) is 4.59. The summed E-state index contributed by atoms with van der Waals surface area (Å²) in [7, 11) is 1.43. The molecule has 9 heteroatoms. The first-order chi connectivity index (χ1) is 14.3. The third kappa shape index (κ3) is 4.32. The summed E-state index contributed by atoms with van der Waals surface area (Å²) >= 11 is 12.2. The minimum atomic E-state index is -0.867. The van der Waals surface area contributed by atoms with Gasteiger partial charge in [0.05, 0.1) is 17.8 Å². The fraction of sp³-hybridized carbons (Fsp3) is 0.0952. The van der Waals surface area contributed by atoms with Crippen LogP contribution in [0.3, 0.4) is 0 Å². The van der Waals surface area contributed by atoms with Gasteiger partial charge in [-0.2, -0.15) is 0 Å². The maximum Gasteiger partial charge on any atom is 0.335 e. The zero-order chi connectivity index (χ0) is 21.8. The van der Waals surface area contributed by atoms with Gasteiger partial charge >= 0.3 is 6.03 Å². The molecule has 0 spiro atoms. The van der Waals surface area contributed by atoms with Crippen molar-refractivity contribution in [2.24, 2.45) is 0 Å². The number of hydrogen-bond acceptors (Lipinski definition) is 5. The summed E-state index contributed by atoms with van der Waals surface area (Å²) in [5.41, 5.74) is 0.376. The smallest absolute Gasteiger partial charge is 0.335 e. The Hall–Kier alpha value is -3.29. The van der Waals surface area contributed by atoms with E-state index in [1.165, 1.54) is 31.4 Å². The molecule has 2 aromatic carbocycles. The van der Waals surface area contributed by atoms with E-state index in [4.69, 9.17) is 32.7 Å². The van der Waals surface area contributed by atoms with E-state index in [9.17, 15) is 14.4 Å². The number of benzene rings is 2. The predicted octanol–water partition coefficient (Wildman–Crippen LogP) is 4.23. The Morgan fingerprint density at radius 1 is 1.17 bits per heavy atom. The summed E-state index contributed by atoms with van der Waals surface area (Å²) in [4.78, 5) is 38.4. The molecule has 7 nitrogen and oxygen atoms in total. The number of halogens is 2. The number of carbonyl (C=O) groups is 3. The first-order valence-electron chi connectivity index (χ1n) is 8.64. The molecular weight excluding hydrogens is 431 g/mol. The molecule has 0 unspecified atom stereocenters. The van der Waals surface area contributed by atoms with E-state index in [-0.39, 0.29) is 22.9 Å². The van der Waals surface area contributed by atoms with Gasteiger partial charge in [-0.3, -0.25) is 14.9 Å². The van der Waals surface area contributed by atoms with Crippen molar-refractivity contribution in [3.63, 3.8) is 0 Å². The lowest BCUT2D eigenvalue weighted by Gasteiger charge is -2.26. The average Bonchev–Trinajstić information content (AvgIpc) is 2.70. The van der Waals surface area contributed by atoms with Crippen LogP contribution in [0.2, 0.25) is 10.0 Å². The van der Waals surface area contributed by atoms with Gasteiger partial charge in [0.25, 0.3) is 11.8 Å². The highest BCUT2D eigenvalue weighted by atomic mass is 35.5. The lowest BCUT2D eigenvalue weighted by Crippen LogP contribution is -2.54. The van der Waals surface area contributed by atoms with Crippen LogP contribution in [0.4, 0.5) is 10.5 Å².